The van der Waals surface area contributed by atoms with Gasteiger partial charge in [0.05, 0.1) is 6.04 Å². The summed E-state index contributed by atoms with van der Waals surface area (Å²) in [5, 5.41) is 4.71. The van der Waals surface area contributed by atoms with Crippen LogP contribution in [0.2, 0.25) is 5.02 Å². The number of nitrogens with one attached hydrogen (secondary N) is 2. The zero-order valence-electron chi connectivity index (χ0n) is 16.3. The van der Waals surface area contributed by atoms with Gasteiger partial charge in [0.15, 0.2) is 0 Å². The first-order valence-corrected chi connectivity index (χ1v) is 11.1. The van der Waals surface area contributed by atoms with E-state index in [1.165, 1.54) is 12.1 Å². The minimum Gasteiger partial charge on any atom is -0.356 e. The normalized spacial score (nSPS) is 15.7. The van der Waals surface area contributed by atoms with Crippen LogP contribution in [0.15, 0.2) is 71.2 Å². The van der Waals surface area contributed by atoms with Gasteiger partial charge in [0.25, 0.3) is 0 Å². The third-order valence-corrected chi connectivity index (χ3v) is 6.34. The molecule has 1 aliphatic heterocycles. The van der Waals surface area contributed by atoms with Gasteiger partial charge in [0, 0.05) is 38.3 Å². The Kier molecular flexibility index (Phi) is 5.20. The summed E-state index contributed by atoms with van der Waals surface area (Å²) < 4.78 is 14.5. The number of aromatic amines is 1. The summed E-state index contributed by atoms with van der Waals surface area (Å²) in [6, 6.07) is 18.9. The molecule has 156 valence electrons. The van der Waals surface area contributed by atoms with Gasteiger partial charge in [-0.3, -0.25) is 0 Å². The van der Waals surface area contributed by atoms with Gasteiger partial charge in [0.1, 0.15) is 5.82 Å². The molecule has 31 heavy (non-hydrogen) atoms. The maximum Gasteiger partial charge on any atom is 0.322 e. The van der Waals surface area contributed by atoms with Crippen LogP contribution in [0.1, 0.15) is 22.9 Å². The Morgan fingerprint density at radius 3 is 2.71 bits per heavy atom. The van der Waals surface area contributed by atoms with Crippen molar-refractivity contribution in [3.63, 3.8) is 0 Å². The second kappa shape index (κ2) is 8.02. The number of urea groups is 1. The summed E-state index contributed by atoms with van der Waals surface area (Å²) in [5.74, 6) is -0.312. The quantitative estimate of drug-likeness (QED) is 0.310. The van der Waals surface area contributed by atoms with Crippen LogP contribution in [0, 0.1) is 5.82 Å². The van der Waals surface area contributed by atoms with Crippen molar-refractivity contribution in [2.24, 2.45) is 0 Å². The van der Waals surface area contributed by atoms with E-state index in [9.17, 15) is 9.18 Å². The summed E-state index contributed by atoms with van der Waals surface area (Å²) in [6.45, 7) is 0.522. The highest BCUT2D eigenvalue weighted by Crippen LogP contribution is 2.39. The SMILES string of the molecule is O=C(Nc1cccc(Br)c1)N1CCc2c([nH]c3ccc(Cl)cc23)[C@@H]1c1ccc(F)cc1. The molecule has 4 aromatic rings. The van der Waals surface area contributed by atoms with E-state index in [4.69, 9.17) is 11.6 Å². The van der Waals surface area contributed by atoms with Gasteiger partial charge in [-0.1, -0.05) is 45.7 Å². The van der Waals surface area contributed by atoms with E-state index < -0.39 is 0 Å². The van der Waals surface area contributed by atoms with E-state index in [0.29, 0.717) is 23.7 Å². The van der Waals surface area contributed by atoms with Crippen molar-refractivity contribution in [3.05, 3.63) is 98.9 Å². The van der Waals surface area contributed by atoms with Crippen molar-refractivity contribution in [1.82, 2.24) is 9.88 Å². The van der Waals surface area contributed by atoms with Gasteiger partial charge in [-0.05, 0) is 66.1 Å². The molecule has 1 aliphatic rings. The molecular formula is C24H18BrClFN3O. The number of amides is 2. The van der Waals surface area contributed by atoms with E-state index >= 15 is 0 Å². The maximum absolute atomic E-state index is 13.6. The molecular weight excluding hydrogens is 481 g/mol. The first kappa shape index (κ1) is 20.1. The van der Waals surface area contributed by atoms with E-state index in [2.05, 4.69) is 26.2 Å². The number of rotatable bonds is 2. The molecule has 2 amide bonds. The van der Waals surface area contributed by atoms with Crippen LogP contribution in [0.5, 0.6) is 0 Å². The lowest BCUT2D eigenvalue weighted by atomic mass is 9.92. The van der Waals surface area contributed by atoms with Gasteiger partial charge < -0.3 is 15.2 Å². The van der Waals surface area contributed by atoms with Crippen LogP contribution in [0.25, 0.3) is 10.9 Å². The molecule has 1 atom stereocenters. The number of nitrogens with zero attached hydrogens (tertiary/aromatic N) is 1. The Balaban J connectivity index is 1.59. The Morgan fingerprint density at radius 2 is 1.94 bits per heavy atom. The number of fused-ring (bicyclic) bond motifs is 3. The lowest BCUT2D eigenvalue weighted by Gasteiger charge is -2.36. The number of anilines is 1. The zero-order valence-corrected chi connectivity index (χ0v) is 18.7. The maximum atomic E-state index is 13.6. The largest absolute Gasteiger partial charge is 0.356 e. The number of hydrogen-bond donors (Lipinski definition) is 2. The second-order valence-electron chi connectivity index (χ2n) is 7.55. The van der Waals surface area contributed by atoms with Gasteiger partial charge >= 0.3 is 6.03 Å². The van der Waals surface area contributed by atoms with Gasteiger partial charge in [-0.25, -0.2) is 9.18 Å². The molecule has 7 heteroatoms. The van der Waals surface area contributed by atoms with Crippen molar-refractivity contribution in [2.45, 2.75) is 12.5 Å². The van der Waals surface area contributed by atoms with E-state index in [0.717, 1.165) is 32.2 Å². The first-order chi connectivity index (χ1) is 15.0. The summed E-state index contributed by atoms with van der Waals surface area (Å²) in [6.07, 6.45) is 0.694. The Bertz CT molecular complexity index is 1290. The predicted octanol–water partition coefficient (Wildman–Crippen LogP) is 6.90. The molecule has 0 spiro atoms. The number of carbonyl (C=O) groups excluding carboxylic acids is 1. The lowest BCUT2D eigenvalue weighted by Crippen LogP contribution is -2.43. The highest BCUT2D eigenvalue weighted by Gasteiger charge is 2.34. The number of halogens is 3. The Labute approximate surface area is 192 Å². The minimum atomic E-state index is -0.373. The number of benzene rings is 3. The lowest BCUT2D eigenvalue weighted by molar-refractivity contribution is 0.193. The number of aromatic nitrogens is 1. The van der Waals surface area contributed by atoms with Crippen molar-refractivity contribution in [1.29, 1.82) is 0 Å². The number of H-pyrrole nitrogens is 1. The monoisotopic (exact) mass is 497 g/mol. The van der Waals surface area contributed by atoms with Gasteiger partial charge in [-0.15, -0.1) is 0 Å². The molecule has 1 aromatic heterocycles. The predicted molar refractivity (Wildman–Crippen MR) is 125 cm³/mol. The molecule has 4 nitrogen and oxygen atoms in total. The average Bonchev–Trinajstić information content (AvgIpc) is 3.11. The van der Waals surface area contributed by atoms with Crippen LogP contribution in [0.4, 0.5) is 14.9 Å². The van der Waals surface area contributed by atoms with Gasteiger partial charge in [-0.2, -0.15) is 0 Å². The van der Waals surface area contributed by atoms with Crippen LogP contribution < -0.4 is 5.32 Å². The highest BCUT2D eigenvalue weighted by atomic mass is 79.9. The fourth-order valence-corrected chi connectivity index (χ4v) is 4.80. The fraction of sp³-hybridized carbons (Fsp3) is 0.125. The summed E-state index contributed by atoms with van der Waals surface area (Å²) in [5.41, 5.74) is 4.57. The van der Waals surface area contributed by atoms with Crippen molar-refractivity contribution in [3.8, 4) is 0 Å². The fourth-order valence-electron chi connectivity index (χ4n) is 4.23. The molecule has 0 aliphatic carbocycles. The number of carbonyl (C=O) groups is 1. The second-order valence-corrected chi connectivity index (χ2v) is 8.90. The topological polar surface area (TPSA) is 48.1 Å². The van der Waals surface area contributed by atoms with Crippen LogP contribution >= 0.6 is 27.5 Å². The van der Waals surface area contributed by atoms with Gasteiger partial charge in [0.2, 0.25) is 0 Å². The third kappa shape index (κ3) is 3.82. The molecule has 0 unspecified atom stereocenters. The van der Waals surface area contributed by atoms with E-state index in [1.807, 2.05) is 42.5 Å². The van der Waals surface area contributed by atoms with Crippen LogP contribution in [-0.2, 0) is 6.42 Å². The first-order valence-electron chi connectivity index (χ1n) is 9.88. The Morgan fingerprint density at radius 1 is 1.13 bits per heavy atom. The average molecular weight is 499 g/mol. The van der Waals surface area contributed by atoms with Crippen molar-refractivity contribution >= 4 is 50.2 Å². The molecule has 0 saturated carbocycles. The smallest absolute Gasteiger partial charge is 0.322 e. The molecule has 0 radical (unpaired) electrons. The van der Waals surface area contributed by atoms with E-state index in [1.54, 1.807) is 17.0 Å². The molecule has 0 saturated heterocycles. The minimum absolute atomic E-state index is 0.213. The third-order valence-electron chi connectivity index (χ3n) is 5.61. The number of hydrogen-bond acceptors (Lipinski definition) is 1. The molecule has 0 bridgehead atoms. The standard InChI is InChI=1S/C24H18BrClFN3O/c25-15-2-1-3-18(12-15)28-24(31)30-11-10-19-20-13-16(26)6-9-21(20)29-22(19)23(30)14-4-7-17(27)8-5-14/h1-9,12-13,23,29H,10-11H2,(H,28,31)/t23-/m0/s1. The summed E-state index contributed by atoms with van der Waals surface area (Å²) in [7, 11) is 0. The zero-order chi connectivity index (χ0) is 21.5. The molecule has 5 rings (SSSR count). The van der Waals surface area contributed by atoms with E-state index in [-0.39, 0.29) is 17.9 Å². The molecule has 3 aromatic carbocycles. The Hall–Kier alpha value is -2.83. The van der Waals surface area contributed by atoms with Crippen molar-refractivity contribution in [2.75, 3.05) is 11.9 Å². The molecule has 2 heterocycles. The molecule has 2 N–H and O–H groups in total. The highest BCUT2D eigenvalue weighted by molar-refractivity contribution is 9.10. The molecule has 0 fully saturated rings. The van der Waals surface area contributed by atoms with Crippen molar-refractivity contribution < 1.29 is 9.18 Å². The summed E-state index contributed by atoms with van der Waals surface area (Å²) in [4.78, 5) is 18.6. The van der Waals surface area contributed by atoms with Crippen LogP contribution in [-0.4, -0.2) is 22.5 Å². The van der Waals surface area contributed by atoms with Crippen LogP contribution in [0.3, 0.4) is 0 Å². The summed E-state index contributed by atoms with van der Waals surface area (Å²) >= 11 is 9.67.